The normalized spacial score (nSPS) is 30.8. The smallest absolute Gasteiger partial charge is 0.241 e. The first kappa shape index (κ1) is 19.9. The zero-order valence-corrected chi connectivity index (χ0v) is 17.3. The molecule has 0 aromatic heterocycles. The van der Waals surface area contributed by atoms with Crippen LogP contribution in [0.15, 0.2) is 30.3 Å². The highest BCUT2D eigenvalue weighted by Gasteiger charge is 2.42. The van der Waals surface area contributed by atoms with E-state index in [0.29, 0.717) is 23.8 Å². The average molecular weight is 385 g/mol. The van der Waals surface area contributed by atoms with Gasteiger partial charge in [0.15, 0.2) is 0 Å². The average Bonchev–Trinajstić information content (AvgIpc) is 3.15. The van der Waals surface area contributed by atoms with Crippen LogP contribution in [0.5, 0.6) is 0 Å². The molecule has 1 saturated carbocycles. The number of rotatable bonds is 6. The first-order valence-corrected chi connectivity index (χ1v) is 11.2. The molecule has 5 nitrogen and oxygen atoms in total. The second kappa shape index (κ2) is 9.38. The van der Waals surface area contributed by atoms with Crippen LogP contribution in [-0.2, 0) is 11.2 Å². The third kappa shape index (κ3) is 4.76. The second-order valence-electron chi connectivity index (χ2n) is 9.11. The van der Waals surface area contributed by atoms with Crippen molar-refractivity contribution < 1.29 is 4.79 Å². The van der Waals surface area contributed by atoms with Crippen molar-refractivity contribution in [3.8, 4) is 0 Å². The van der Waals surface area contributed by atoms with Crippen LogP contribution in [0.1, 0.15) is 44.1 Å². The van der Waals surface area contributed by atoms with E-state index >= 15 is 0 Å². The van der Waals surface area contributed by atoms with Gasteiger partial charge in [0, 0.05) is 31.6 Å². The van der Waals surface area contributed by atoms with Crippen LogP contribution in [0.2, 0.25) is 0 Å². The summed E-state index contributed by atoms with van der Waals surface area (Å²) in [6.07, 6.45) is 8.31. The van der Waals surface area contributed by atoms with E-state index in [1.54, 1.807) is 0 Å². The van der Waals surface area contributed by atoms with Crippen molar-refractivity contribution >= 4 is 5.91 Å². The molecular weight excluding hydrogens is 348 g/mol. The van der Waals surface area contributed by atoms with Gasteiger partial charge in [0.1, 0.15) is 6.04 Å². The Hall–Kier alpha value is -1.43. The molecule has 4 atom stereocenters. The van der Waals surface area contributed by atoms with E-state index in [2.05, 4.69) is 58.0 Å². The molecule has 28 heavy (non-hydrogen) atoms. The van der Waals surface area contributed by atoms with Gasteiger partial charge in [-0.1, -0.05) is 43.2 Å². The van der Waals surface area contributed by atoms with E-state index in [0.717, 1.165) is 26.1 Å². The van der Waals surface area contributed by atoms with E-state index in [-0.39, 0.29) is 6.04 Å². The number of hydrogen-bond donors (Lipinski definition) is 2. The van der Waals surface area contributed by atoms with Gasteiger partial charge >= 0.3 is 0 Å². The van der Waals surface area contributed by atoms with Crippen LogP contribution in [0.25, 0.3) is 0 Å². The number of benzene rings is 1. The minimum absolute atomic E-state index is 0.0533. The van der Waals surface area contributed by atoms with Crippen molar-refractivity contribution in [1.82, 2.24) is 20.7 Å². The van der Waals surface area contributed by atoms with Gasteiger partial charge < -0.3 is 9.80 Å². The van der Waals surface area contributed by atoms with Gasteiger partial charge in [0.05, 0.1) is 0 Å². The van der Waals surface area contributed by atoms with Gasteiger partial charge in [0.25, 0.3) is 0 Å². The zero-order chi connectivity index (χ0) is 19.3. The number of nitrogens with zero attached hydrogens (tertiary/aromatic N) is 2. The molecule has 0 radical (unpaired) electrons. The molecule has 1 aromatic rings. The Morgan fingerprint density at radius 1 is 1.11 bits per heavy atom. The predicted octanol–water partition coefficient (Wildman–Crippen LogP) is 2.43. The minimum atomic E-state index is -0.0533. The van der Waals surface area contributed by atoms with Gasteiger partial charge in [-0.2, -0.15) is 0 Å². The summed E-state index contributed by atoms with van der Waals surface area (Å²) in [4.78, 5) is 18.2. The second-order valence-corrected chi connectivity index (χ2v) is 9.11. The Bertz CT molecular complexity index is 637. The molecule has 2 saturated heterocycles. The van der Waals surface area contributed by atoms with E-state index in [4.69, 9.17) is 0 Å². The lowest BCUT2D eigenvalue weighted by Gasteiger charge is -2.36. The number of fused-ring (bicyclic) bond motifs is 1. The summed E-state index contributed by atoms with van der Waals surface area (Å²) in [6, 6.07) is 11.0. The highest BCUT2D eigenvalue weighted by molar-refractivity contribution is 5.82. The number of carbonyl (C=O) groups is 1. The standard InChI is InChI=1S/C23H36N4O/c1-26-14-7-10-19(16-26)17-27(15-13-18-8-3-2-4-9-18)23(28)22-20-11-5-6-12-21(20)24-25-22/h2-4,8-9,19-22,24-25H,5-7,10-17H2,1H3. The highest BCUT2D eigenvalue weighted by atomic mass is 16.2. The Morgan fingerprint density at radius 2 is 1.93 bits per heavy atom. The maximum atomic E-state index is 13.6. The Labute approximate surface area is 169 Å². The number of hydrazine groups is 1. The van der Waals surface area contributed by atoms with E-state index < -0.39 is 0 Å². The van der Waals surface area contributed by atoms with Crippen LogP contribution in [0.3, 0.4) is 0 Å². The van der Waals surface area contributed by atoms with Crippen molar-refractivity contribution in [3.63, 3.8) is 0 Å². The number of hydrogen-bond acceptors (Lipinski definition) is 4. The molecule has 1 amide bonds. The SMILES string of the molecule is CN1CCCC(CN(CCc2ccccc2)C(=O)C2NNC3CCCCC32)C1. The largest absolute Gasteiger partial charge is 0.341 e. The third-order valence-corrected chi connectivity index (χ3v) is 6.96. The Kier molecular flexibility index (Phi) is 6.65. The molecule has 0 bridgehead atoms. The number of carbonyl (C=O) groups excluding carboxylic acids is 1. The molecule has 3 fully saturated rings. The van der Waals surface area contributed by atoms with Crippen LogP contribution in [0.4, 0.5) is 0 Å². The highest BCUT2D eigenvalue weighted by Crippen LogP contribution is 2.31. The van der Waals surface area contributed by atoms with Gasteiger partial charge in [-0.15, -0.1) is 0 Å². The predicted molar refractivity (Wildman–Crippen MR) is 113 cm³/mol. The monoisotopic (exact) mass is 384 g/mol. The van der Waals surface area contributed by atoms with E-state index in [1.807, 2.05) is 0 Å². The Morgan fingerprint density at radius 3 is 2.75 bits per heavy atom. The molecule has 1 aliphatic carbocycles. The first-order valence-electron chi connectivity index (χ1n) is 11.2. The lowest BCUT2D eigenvalue weighted by Crippen LogP contribution is -2.51. The van der Waals surface area contributed by atoms with Crippen molar-refractivity contribution in [2.24, 2.45) is 11.8 Å². The van der Waals surface area contributed by atoms with Gasteiger partial charge in [-0.25, -0.2) is 5.43 Å². The van der Waals surface area contributed by atoms with Gasteiger partial charge in [-0.3, -0.25) is 10.2 Å². The number of amides is 1. The molecule has 5 heteroatoms. The number of likely N-dealkylation sites (tertiary alicyclic amines) is 1. The number of piperidine rings is 1. The van der Waals surface area contributed by atoms with E-state index in [1.165, 1.54) is 50.6 Å². The molecular formula is C23H36N4O. The first-order chi connectivity index (χ1) is 13.7. The van der Waals surface area contributed by atoms with Crippen LogP contribution in [0, 0.1) is 11.8 Å². The summed E-state index contributed by atoms with van der Waals surface area (Å²) in [5.74, 6) is 1.36. The quantitative estimate of drug-likeness (QED) is 0.791. The molecule has 2 heterocycles. The van der Waals surface area contributed by atoms with Crippen LogP contribution < -0.4 is 10.9 Å². The lowest BCUT2D eigenvalue weighted by molar-refractivity contribution is -0.135. The molecule has 1 aromatic carbocycles. The lowest BCUT2D eigenvalue weighted by atomic mass is 9.81. The maximum Gasteiger partial charge on any atom is 0.241 e. The third-order valence-electron chi connectivity index (χ3n) is 6.96. The van der Waals surface area contributed by atoms with Gasteiger partial charge in [-0.05, 0) is 57.2 Å². The fourth-order valence-electron chi connectivity index (χ4n) is 5.42. The Balaban J connectivity index is 1.44. The summed E-state index contributed by atoms with van der Waals surface area (Å²) in [5, 5.41) is 0. The van der Waals surface area contributed by atoms with Crippen molar-refractivity contribution in [3.05, 3.63) is 35.9 Å². The minimum Gasteiger partial charge on any atom is -0.341 e. The van der Waals surface area contributed by atoms with Crippen molar-refractivity contribution in [2.45, 2.75) is 57.0 Å². The zero-order valence-electron chi connectivity index (χ0n) is 17.3. The maximum absolute atomic E-state index is 13.6. The van der Waals surface area contributed by atoms with Crippen molar-refractivity contribution in [2.75, 3.05) is 33.2 Å². The van der Waals surface area contributed by atoms with Crippen molar-refractivity contribution in [1.29, 1.82) is 0 Å². The summed E-state index contributed by atoms with van der Waals surface area (Å²) >= 11 is 0. The number of nitrogens with one attached hydrogen (secondary N) is 2. The molecule has 3 aliphatic rings. The summed E-state index contributed by atoms with van der Waals surface area (Å²) in [5.41, 5.74) is 8.11. The summed E-state index contributed by atoms with van der Waals surface area (Å²) in [6.45, 7) is 4.01. The molecule has 0 spiro atoms. The molecule has 2 aliphatic heterocycles. The summed E-state index contributed by atoms with van der Waals surface area (Å²) < 4.78 is 0. The van der Waals surface area contributed by atoms with Crippen LogP contribution >= 0.6 is 0 Å². The molecule has 2 N–H and O–H groups in total. The topological polar surface area (TPSA) is 47.6 Å². The van der Waals surface area contributed by atoms with Gasteiger partial charge in [0.2, 0.25) is 5.91 Å². The molecule has 154 valence electrons. The van der Waals surface area contributed by atoms with Crippen LogP contribution in [-0.4, -0.2) is 61.0 Å². The summed E-state index contributed by atoms with van der Waals surface area (Å²) in [7, 11) is 2.21. The molecule has 4 rings (SSSR count). The fourth-order valence-corrected chi connectivity index (χ4v) is 5.42. The van der Waals surface area contributed by atoms with E-state index in [9.17, 15) is 4.79 Å². The fraction of sp³-hybridized carbons (Fsp3) is 0.696. The molecule has 4 unspecified atom stereocenters.